The molecule has 2 fully saturated rings. The second kappa shape index (κ2) is 10.1. The van der Waals surface area contributed by atoms with E-state index in [1.807, 2.05) is 28.6 Å². The van der Waals surface area contributed by atoms with Crippen molar-refractivity contribution in [2.45, 2.75) is 51.6 Å². The van der Waals surface area contributed by atoms with Crippen LogP contribution in [0.1, 0.15) is 54.6 Å². The van der Waals surface area contributed by atoms with Gasteiger partial charge in [0, 0.05) is 56.9 Å². The van der Waals surface area contributed by atoms with E-state index in [0.717, 1.165) is 60.9 Å². The number of ether oxygens (including phenoxy) is 1. The van der Waals surface area contributed by atoms with E-state index in [9.17, 15) is 9.59 Å². The van der Waals surface area contributed by atoms with Gasteiger partial charge in [0.05, 0.1) is 28.7 Å². The van der Waals surface area contributed by atoms with E-state index in [2.05, 4.69) is 21.9 Å². The number of pyridine rings is 1. The Bertz CT molecular complexity index is 1250. The summed E-state index contributed by atoms with van der Waals surface area (Å²) in [5.74, 6) is 0.0619. The number of piperazine rings is 1. The molecule has 184 valence electrons. The SMILES string of the molecule is COCCCN1CCN(C(=O)c2cc3c(cc2C)[nH]c(=O)c2cnn(C4CCC4)c23)C[C@H]1C.Cl. The van der Waals surface area contributed by atoms with E-state index in [1.165, 1.54) is 6.42 Å². The van der Waals surface area contributed by atoms with Gasteiger partial charge in [-0.2, -0.15) is 5.10 Å². The molecule has 0 bridgehead atoms. The minimum absolute atomic E-state index is 0. The number of aromatic nitrogens is 3. The van der Waals surface area contributed by atoms with Gasteiger partial charge in [0.25, 0.3) is 11.5 Å². The molecular formula is C25H34ClN5O3. The summed E-state index contributed by atoms with van der Waals surface area (Å²) in [5, 5.41) is 6.04. The van der Waals surface area contributed by atoms with E-state index < -0.39 is 0 Å². The molecule has 1 saturated carbocycles. The van der Waals surface area contributed by atoms with Crippen LogP contribution in [0.5, 0.6) is 0 Å². The van der Waals surface area contributed by atoms with Crippen LogP contribution in [0.15, 0.2) is 23.1 Å². The fraction of sp³-hybridized carbons (Fsp3) is 0.560. The first-order chi connectivity index (χ1) is 16.0. The van der Waals surface area contributed by atoms with Crippen molar-refractivity contribution in [3.63, 3.8) is 0 Å². The van der Waals surface area contributed by atoms with Gasteiger partial charge in [-0.25, -0.2) is 0 Å². The predicted molar refractivity (Wildman–Crippen MR) is 136 cm³/mol. The Labute approximate surface area is 205 Å². The topological polar surface area (TPSA) is 83.5 Å². The summed E-state index contributed by atoms with van der Waals surface area (Å²) in [6.45, 7) is 8.18. The molecule has 1 N–H and O–H groups in total. The number of methoxy groups -OCH3 is 1. The molecular weight excluding hydrogens is 454 g/mol. The van der Waals surface area contributed by atoms with Crippen molar-refractivity contribution in [2.75, 3.05) is 39.9 Å². The van der Waals surface area contributed by atoms with Crippen LogP contribution < -0.4 is 5.56 Å². The molecule has 1 saturated heterocycles. The Balaban J connectivity index is 0.00000274. The Morgan fingerprint density at radius 2 is 2.03 bits per heavy atom. The van der Waals surface area contributed by atoms with Crippen LogP contribution in [-0.4, -0.2) is 76.4 Å². The minimum atomic E-state index is -0.125. The third kappa shape index (κ3) is 4.34. The Kier molecular flexibility index (Phi) is 7.31. The van der Waals surface area contributed by atoms with Gasteiger partial charge in [-0.3, -0.25) is 19.2 Å². The van der Waals surface area contributed by atoms with E-state index in [-0.39, 0.29) is 23.9 Å². The Morgan fingerprint density at radius 1 is 1.24 bits per heavy atom. The monoisotopic (exact) mass is 487 g/mol. The fourth-order valence-electron chi connectivity index (χ4n) is 5.23. The maximum Gasteiger partial charge on any atom is 0.259 e. The van der Waals surface area contributed by atoms with Gasteiger partial charge < -0.3 is 14.6 Å². The quantitative estimate of drug-likeness (QED) is 0.538. The third-order valence-electron chi connectivity index (χ3n) is 7.40. The molecule has 8 nitrogen and oxygen atoms in total. The zero-order valence-electron chi connectivity index (χ0n) is 20.2. The Morgan fingerprint density at radius 3 is 2.71 bits per heavy atom. The summed E-state index contributed by atoms with van der Waals surface area (Å²) in [5.41, 5.74) is 3.08. The molecule has 34 heavy (non-hydrogen) atoms. The molecule has 1 aliphatic heterocycles. The number of aromatic amines is 1. The number of halogens is 1. The van der Waals surface area contributed by atoms with Crippen LogP contribution in [0.4, 0.5) is 0 Å². The lowest BCUT2D eigenvalue weighted by Gasteiger charge is -2.40. The van der Waals surface area contributed by atoms with Crippen molar-refractivity contribution >= 4 is 40.1 Å². The van der Waals surface area contributed by atoms with Crippen LogP contribution >= 0.6 is 12.4 Å². The first kappa shape index (κ1) is 24.7. The first-order valence-corrected chi connectivity index (χ1v) is 12.0. The summed E-state index contributed by atoms with van der Waals surface area (Å²) in [6, 6.07) is 4.55. The average molecular weight is 488 g/mol. The molecule has 0 unspecified atom stereocenters. The molecule has 3 aromatic rings. The summed E-state index contributed by atoms with van der Waals surface area (Å²) < 4.78 is 7.18. The lowest BCUT2D eigenvalue weighted by atomic mass is 9.93. The van der Waals surface area contributed by atoms with Crippen molar-refractivity contribution in [3.8, 4) is 0 Å². The zero-order chi connectivity index (χ0) is 23.1. The number of amides is 1. The largest absolute Gasteiger partial charge is 0.385 e. The molecule has 9 heteroatoms. The smallest absolute Gasteiger partial charge is 0.259 e. The number of rotatable bonds is 6. The van der Waals surface area contributed by atoms with E-state index in [4.69, 9.17) is 4.74 Å². The van der Waals surface area contributed by atoms with Crippen LogP contribution in [0.2, 0.25) is 0 Å². The van der Waals surface area contributed by atoms with Crippen molar-refractivity contribution in [1.82, 2.24) is 24.6 Å². The molecule has 5 rings (SSSR count). The molecule has 1 amide bonds. The van der Waals surface area contributed by atoms with Gasteiger partial charge in [0.1, 0.15) is 0 Å². The van der Waals surface area contributed by atoms with Gasteiger partial charge in [0.15, 0.2) is 0 Å². The molecule has 0 radical (unpaired) electrons. The number of hydrogen-bond donors (Lipinski definition) is 1. The number of carbonyl (C=O) groups is 1. The third-order valence-corrected chi connectivity index (χ3v) is 7.40. The lowest BCUT2D eigenvalue weighted by molar-refractivity contribution is 0.0490. The van der Waals surface area contributed by atoms with Gasteiger partial charge in [-0.1, -0.05) is 0 Å². The van der Waals surface area contributed by atoms with E-state index in [0.29, 0.717) is 36.1 Å². The highest BCUT2D eigenvalue weighted by atomic mass is 35.5. The van der Waals surface area contributed by atoms with E-state index >= 15 is 0 Å². The van der Waals surface area contributed by atoms with Gasteiger partial charge in [0.2, 0.25) is 0 Å². The highest BCUT2D eigenvalue weighted by Gasteiger charge is 2.29. The number of hydrogen-bond acceptors (Lipinski definition) is 5. The summed E-state index contributed by atoms with van der Waals surface area (Å²) in [4.78, 5) is 33.7. The minimum Gasteiger partial charge on any atom is -0.385 e. The van der Waals surface area contributed by atoms with Crippen molar-refractivity contribution in [1.29, 1.82) is 0 Å². The van der Waals surface area contributed by atoms with E-state index in [1.54, 1.807) is 13.3 Å². The fourth-order valence-corrected chi connectivity index (χ4v) is 5.23. The second-order valence-electron chi connectivity index (χ2n) is 9.59. The number of nitrogens with one attached hydrogen (secondary N) is 1. The van der Waals surface area contributed by atoms with Crippen LogP contribution in [0.25, 0.3) is 21.8 Å². The highest BCUT2D eigenvalue weighted by Crippen LogP contribution is 2.35. The summed E-state index contributed by atoms with van der Waals surface area (Å²) in [7, 11) is 1.73. The maximum atomic E-state index is 13.6. The molecule has 2 aromatic heterocycles. The molecule has 2 aliphatic rings. The summed E-state index contributed by atoms with van der Waals surface area (Å²) in [6.07, 6.45) is 6.01. The highest BCUT2D eigenvalue weighted by molar-refractivity contribution is 6.07. The number of carbonyl (C=O) groups excluding carboxylic acids is 1. The molecule has 1 aliphatic carbocycles. The second-order valence-corrected chi connectivity index (χ2v) is 9.59. The van der Waals surface area contributed by atoms with Crippen LogP contribution in [0.3, 0.4) is 0 Å². The predicted octanol–water partition coefficient (Wildman–Crippen LogP) is 3.52. The normalized spacial score (nSPS) is 19.4. The lowest BCUT2D eigenvalue weighted by Crippen LogP contribution is -2.53. The standard InChI is InChI=1S/C25H33N5O3.ClH/c1-16-12-22-20(23-21(24(31)27-22)14-26-30(23)18-6-4-7-18)13-19(16)25(32)29-10-9-28(17(2)15-29)8-5-11-33-3;/h12-14,17-18H,4-11,15H2,1-3H3,(H,27,31);1H/t17-;/m1./s1. The van der Waals surface area contributed by atoms with Crippen molar-refractivity contribution in [2.24, 2.45) is 0 Å². The molecule has 3 heterocycles. The number of H-pyrrole nitrogens is 1. The average Bonchev–Trinajstić information content (AvgIpc) is 3.18. The molecule has 0 spiro atoms. The molecule has 1 aromatic carbocycles. The van der Waals surface area contributed by atoms with Crippen LogP contribution in [-0.2, 0) is 4.74 Å². The van der Waals surface area contributed by atoms with Crippen LogP contribution in [0, 0.1) is 6.92 Å². The number of fused-ring (bicyclic) bond motifs is 3. The van der Waals surface area contributed by atoms with Crippen molar-refractivity contribution < 1.29 is 9.53 Å². The van der Waals surface area contributed by atoms with Gasteiger partial charge >= 0.3 is 0 Å². The summed E-state index contributed by atoms with van der Waals surface area (Å²) >= 11 is 0. The van der Waals surface area contributed by atoms with Gasteiger partial charge in [-0.15, -0.1) is 12.4 Å². The van der Waals surface area contributed by atoms with Crippen molar-refractivity contribution in [3.05, 3.63) is 39.8 Å². The molecule has 1 atom stereocenters. The number of nitrogens with zero attached hydrogens (tertiary/aromatic N) is 4. The Hall–Kier alpha value is -2.42. The number of benzene rings is 1. The maximum absolute atomic E-state index is 13.6. The van der Waals surface area contributed by atoms with Gasteiger partial charge in [-0.05, 0) is 57.2 Å². The first-order valence-electron chi connectivity index (χ1n) is 12.0. The zero-order valence-corrected chi connectivity index (χ0v) is 21.0. The number of aryl methyl sites for hydroxylation is 1.